The van der Waals surface area contributed by atoms with Gasteiger partial charge in [0.15, 0.2) is 0 Å². The molecule has 1 fully saturated rings. The number of anilines is 1. The minimum Gasteiger partial charge on any atom is -0.497 e. The van der Waals surface area contributed by atoms with E-state index in [4.69, 9.17) is 9.47 Å². The Morgan fingerprint density at radius 3 is 2.59 bits per heavy atom. The molecule has 4 rings (SSSR count). The van der Waals surface area contributed by atoms with Gasteiger partial charge in [-0.3, -0.25) is 9.78 Å². The largest absolute Gasteiger partial charge is 0.497 e. The normalized spacial score (nSPS) is 17.2. The first-order chi connectivity index (χ1) is 15.2. The molecule has 1 saturated heterocycles. The highest BCUT2D eigenvalue weighted by Gasteiger charge is 2.31. The molecule has 2 amide bonds. The summed E-state index contributed by atoms with van der Waals surface area (Å²) in [6.45, 7) is 7.62. The van der Waals surface area contributed by atoms with Gasteiger partial charge in [0, 0.05) is 37.6 Å². The van der Waals surface area contributed by atoms with Crippen molar-refractivity contribution >= 4 is 28.6 Å². The zero-order chi connectivity index (χ0) is 22.9. The minimum atomic E-state index is -0.494. The fraction of sp³-hybridized carbons (Fsp3) is 0.560. The second kappa shape index (κ2) is 8.96. The molecule has 0 atom stereocenters. The third-order valence-electron chi connectivity index (χ3n) is 6.25. The van der Waals surface area contributed by atoms with Crippen molar-refractivity contribution in [2.45, 2.75) is 58.5 Å². The van der Waals surface area contributed by atoms with Crippen molar-refractivity contribution < 1.29 is 19.1 Å². The maximum absolute atomic E-state index is 13.4. The lowest BCUT2D eigenvalue weighted by Gasteiger charge is -2.35. The Hall–Kier alpha value is -2.83. The summed E-state index contributed by atoms with van der Waals surface area (Å²) >= 11 is 0. The van der Waals surface area contributed by atoms with Gasteiger partial charge in [-0.2, -0.15) is 0 Å². The highest BCUT2D eigenvalue weighted by Crippen LogP contribution is 2.36. The van der Waals surface area contributed by atoms with Crippen molar-refractivity contribution in [2.24, 2.45) is 5.92 Å². The Labute approximate surface area is 189 Å². The molecule has 0 unspecified atom stereocenters. The molecule has 32 heavy (non-hydrogen) atoms. The molecular formula is C25H33N3O4. The van der Waals surface area contributed by atoms with Crippen molar-refractivity contribution in [3.8, 4) is 5.75 Å². The summed E-state index contributed by atoms with van der Waals surface area (Å²) in [6, 6.07) is 5.82. The highest BCUT2D eigenvalue weighted by atomic mass is 16.6. The number of rotatable bonds is 3. The second-order valence-electron chi connectivity index (χ2n) is 9.78. The number of pyridine rings is 1. The summed E-state index contributed by atoms with van der Waals surface area (Å²) < 4.78 is 10.9. The van der Waals surface area contributed by atoms with E-state index in [9.17, 15) is 9.59 Å². The minimum absolute atomic E-state index is 0.150. The number of amides is 2. The predicted octanol–water partition coefficient (Wildman–Crippen LogP) is 4.56. The van der Waals surface area contributed by atoms with Crippen molar-refractivity contribution in [1.29, 1.82) is 0 Å². The number of likely N-dealkylation sites (tertiary alicyclic amines) is 1. The molecule has 0 spiro atoms. The van der Waals surface area contributed by atoms with E-state index in [-0.39, 0.29) is 17.9 Å². The Bertz CT molecular complexity index is 1000. The second-order valence-corrected chi connectivity index (χ2v) is 9.78. The van der Waals surface area contributed by atoms with Crippen LogP contribution in [0.2, 0.25) is 0 Å². The first-order valence-corrected chi connectivity index (χ1v) is 11.5. The van der Waals surface area contributed by atoms with Crippen LogP contribution in [0.5, 0.6) is 5.75 Å². The van der Waals surface area contributed by atoms with E-state index in [0.717, 1.165) is 60.1 Å². The van der Waals surface area contributed by atoms with E-state index >= 15 is 0 Å². The lowest BCUT2D eigenvalue weighted by Crippen LogP contribution is -2.43. The van der Waals surface area contributed by atoms with Crippen LogP contribution in [0.3, 0.4) is 0 Å². The number of carbonyl (C=O) groups is 2. The van der Waals surface area contributed by atoms with Crippen LogP contribution in [0.1, 0.15) is 52.0 Å². The molecule has 0 N–H and O–H groups in total. The smallest absolute Gasteiger partial charge is 0.410 e. The van der Waals surface area contributed by atoms with Gasteiger partial charge in [0.25, 0.3) is 0 Å². The van der Waals surface area contributed by atoms with Crippen LogP contribution < -0.4 is 9.64 Å². The van der Waals surface area contributed by atoms with Crippen molar-refractivity contribution in [3.05, 3.63) is 30.0 Å². The lowest BCUT2D eigenvalue weighted by atomic mass is 9.92. The van der Waals surface area contributed by atoms with E-state index in [1.54, 1.807) is 12.0 Å². The monoisotopic (exact) mass is 439 g/mol. The van der Waals surface area contributed by atoms with Gasteiger partial charge in [0.05, 0.1) is 18.3 Å². The topological polar surface area (TPSA) is 72.0 Å². The van der Waals surface area contributed by atoms with E-state index in [1.807, 2.05) is 50.1 Å². The summed E-state index contributed by atoms with van der Waals surface area (Å²) in [5.74, 6) is 1.19. The zero-order valence-corrected chi connectivity index (χ0v) is 19.5. The number of hydrogen-bond donors (Lipinski definition) is 0. The van der Waals surface area contributed by atoms with E-state index in [0.29, 0.717) is 19.5 Å². The molecule has 0 radical (unpaired) electrons. The number of aromatic nitrogens is 1. The lowest BCUT2D eigenvalue weighted by molar-refractivity contribution is -0.119. The molecule has 172 valence electrons. The molecule has 2 aromatic rings. The predicted molar refractivity (Wildman–Crippen MR) is 124 cm³/mol. The average Bonchev–Trinajstić information content (AvgIpc) is 2.77. The number of piperidine rings is 1. The van der Waals surface area contributed by atoms with Crippen LogP contribution in [-0.4, -0.2) is 54.2 Å². The number of aryl methyl sites for hydroxylation is 1. The van der Waals surface area contributed by atoms with Gasteiger partial charge in [-0.1, -0.05) is 0 Å². The summed E-state index contributed by atoms with van der Waals surface area (Å²) in [5, 5.41) is 0.967. The van der Waals surface area contributed by atoms with Crippen LogP contribution in [0, 0.1) is 5.92 Å². The number of methoxy groups -OCH3 is 1. The van der Waals surface area contributed by atoms with E-state index in [2.05, 4.69) is 4.98 Å². The van der Waals surface area contributed by atoms with Crippen molar-refractivity contribution in [2.75, 3.05) is 31.6 Å². The van der Waals surface area contributed by atoms with Crippen molar-refractivity contribution in [1.82, 2.24) is 9.88 Å². The molecule has 3 heterocycles. The molecule has 0 aliphatic carbocycles. The van der Waals surface area contributed by atoms with Crippen LogP contribution in [0.4, 0.5) is 10.5 Å². The summed E-state index contributed by atoms with van der Waals surface area (Å²) in [5.41, 5.74) is 2.47. The Balaban J connectivity index is 1.46. The molecule has 2 aliphatic heterocycles. The number of hydrogen-bond acceptors (Lipinski definition) is 5. The molecule has 7 heteroatoms. The third kappa shape index (κ3) is 4.81. The maximum atomic E-state index is 13.4. The molecular weight excluding hydrogens is 406 g/mol. The fourth-order valence-electron chi connectivity index (χ4n) is 4.62. The summed E-state index contributed by atoms with van der Waals surface area (Å²) in [4.78, 5) is 34.0. The molecule has 1 aromatic heterocycles. The molecule has 2 aliphatic rings. The van der Waals surface area contributed by atoms with E-state index < -0.39 is 5.60 Å². The van der Waals surface area contributed by atoms with Gasteiger partial charge in [0.2, 0.25) is 5.91 Å². The summed E-state index contributed by atoms with van der Waals surface area (Å²) in [7, 11) is 1.65. The number of nitrogens with zero attached hydrogens (tertiary/aromatic N) is 3. The zero-order valence-electron chi connectivity index (χ0n) is 19.5. The average molecular weight is 440 g/mol. The third-order valence-corrected chi connectivity index (χ3v) is 6.25. The number of fused-ring (bicyclic) bond motifs is 3. The van der Waals surface area contributed by atoms with Gasteiger partial charge in [-0.05, 0) is 76.1 Å². The first-order valence-electron chi connectivity index (χ1n) is 11.5. The van der Waals surface area contributed by atoms with Crippen molar-refractivity contribution in [3.63, 3.8) is 0 Å². The SMILES string of the molecule is COc1ccc2ncc3c(c2c1)N(C(=O)CC1CCN(C(=O)OC(C)(C)C)CC1)CCC3. The standard InChI is InChI=1S/C25H33N3O4/c1-25(2,3)32-24(30)27-12-9-17(10-13-27)14-22(29)28-11-5-6-18-16-26-21-8-7-19(31-4)15-20(21)23(18)28/h7-8,15-17H,5-6,9-14H2,1-4H3. The molecule has 1 aromatic carbocycles. The van der Waals surface area contributed by atoms with Gasteiger partial charge < -0.3 is 19.3 Å². The number of ether oxygens (including phenoxy) is 2. The van der Waals surface area contributed by atoms with Gasteiger partial charge in [-0.15, -0.1) is 0 Å². The van der Waals surface area contributed by atoms with Crippen LogP contribution in [-0.2, 0) is 16.0 Å². The Kier molecular flexibility index (Phi) is 6.26. The first kappa shape index (κ1) is 22.4. The van der Waals surface area contributed by atoms with Crippen LogP contribution in [0.15, 0.2) is 24.4 Å². The highest BCUT2D eigenvalue weighted by molar-refractivity contribution is 6.04. The maximum Gasteiger partial charge on any atom is 0.410 e. The van der Waals surface area contributed by atoms with Gasteiger partial charge >= 0.3 is 6.09 Å². The van der Waals surface area contributed by atoms with Gasteiger partial charge in [-0.25, -0.2) is 4.79 Å². The van der Waals surface area contributed by atoms with Gasteiger partial charge in [0.1, 0.15) is 11.4 Å². The Morgan fingerprint density at radius 2 is 1.91 bits per heavy atom. The quantitative estimate of drug-likeness (QED) is 0.701. The molecule has 0 saturated carbocycles. The summed E-state index contributed by atoms with van der Waals surface area (Å²) in [6.07, 6.45) is 5.63. The molecule has 0 bridgehead atoms. The number of benzene rings is 1. The van der Waals surface area contributed by atoms with Crippen LogP contribution >= 0.6 is 0 Å². The fourth-order valence-corrected chi connectivity index (χ4v) is 4.62. The van der Waals surface area contributed by atoms with Crippen LogP contribution in [0.25, 0.3) is 10.9 Å². The molecule has 7 nitrogen and oxygen atoms in total. The number of carbonyl (C=O) groups excluding carboxylic acids is 2. The Morgan fingerprint density at radius 1 is 1.16 bits per heavy atom. The van der Waals surface area contributed by atoms with E-state index in [1.165, 1.54) is 0 Å².